The molecule has 0 atom stereocenters. The van der Waals surface area contributed by atoms with Gasteiger partial charge in [0.15, 0.2) is 0 Å². The summed E-state index contributed by atoms with van der Waals surface area (Å²) < 4.78 is 13.5. The maximum Gasteiger partial charge on any atom is 0.131 e. The van der Waals surface area contributed by atoms with E-state index in [-0.39, 0.29) is 11.7 Å². The highest BCUT2D eigenvalue weighted by Gasteiger charge is 2.03. The lowest BCUT2D eigenvalue weighted by Gasteiger charge is -2.04. The molecule has 2 aromatic rings. The molecule has 0 bridgehead atoms. The monoisotopic (exact) mass is 214 g/mol. The van der Waals surface area contributed by atoms with Gasteiger partial charge in [0.1, 0.15) is 11.7 Å². The number of benzene rings is 2. The second-order valence-electron chi connectivity index (χ2n) is 3.47. The van der Waals surface area contributed by atoms with Crippen LogP contribution >= 0.6 is 0 Å². The minimum Gasteiger partial charge on any atom is -0.384 e. The minimum absolute atomic E-state index is 0.0140. The van der Waals surface area contributed by atoms with Gasteiger partial charge in [-0.2, -0.15) is 0 Å². The van der Waals surface area contributed by atoms with Crippen molar-refractivity contribution < 1.29 is 4.39 Å². The summed E-state index contributed by atoms with van der Waals surface area (Å²) in [7, 11) is 0. The number of hydrogen-bond acceptors (Lipinski definition) is 1. The lowest BCUT2D eigenvalue weighted by Crippen LogP contribution is -2.10. The molecule has 0 amide bonds. The summed E-state index contributed by atoms with van der Waals surface area (Å²) in [6.07, 6.45) is 0. The fraction of sp³-hybridized carbons (Fsp3) is 0. The van der Waals surface area contributed by atoms with Gasteiger partial charge in [0, 0.05) is 11.1 Å². The molecule has 0 fully saturated rings. The zero-order chi connectivity index (χ0) is 11.5. The molecule has 0 unspecified atom stereocenters. The lowest BCUT2D eigenvalue weighted by molar-refractivity contribution is 0.631. The molecular weight excluding hydrogens is 203 g/mol. The molecule has 2 aromatic carbocycles. The fourth-order valence-corrected chi connectivity index (χ4v) is 1.52. The van der Waals surface area contributed by atoms with Gasteiger partial charge in [0.2, 0.25) is 0 Å². The van der Waals surface area contributed by atoms with Crippen molar-refractivity contribution in [1.29, 1.82) is 5.41 Å². The van der Waals surface area contributed by atoms with Gasteiger partial charge >= 0.3 is 0 Å². The van der Waals surface area contributed by atoms with Crippen LogP contribution in [0.2, 0.25) is 0 Å². The van der Waals surface area contributed by atoms with Crippen LogP contribution in [0.15, 0.2) is 48.5 Å². The van der Waals surface area contributed by atoms with Crippen molar-refractivity contribution in [2.24, 2.45) is 5.73 Å². The van der Waals surface area contributed by atoms with Crippen LogP contribution in [0.5, 0.6) is 0 Å². The van der Waals surface area contributed by atoms with Crippen LogP contribution in [-0.4, -0.2) is 5.84 Å². The average molecular weight is 214 g/mol. The number of nitrogens with two attached hydrogens (primary N) is 1. The molecule has 3 N–H and O–H groups in total. The van der Waals surface area contributed by atoms with E-state index in [1.165, 1.54) is 6.07 Å². The first-order chi connectivity index (χ1) is 7.68. The van der Waals surface area contributed by atoms with Crippen molar-refractivity contribution in [2.75, 3.05) is 0 Å². The summed E-state index contributed by atoms with van der Waals surface area (Å²) in [5, 5.41) is 7.26. The van der Waals surface area contributed by atoms with Gasteiger partial charge < -0.3 is 5.73 Å². The van der Waals surface area contributed by atoms with Crippen LogP contribution in [-0.2, 0) is 0 Å². The van der Waals surface area contributed by atoms with Gasteiger partial charge in [0.25, 0.3) is 0 Å². The van der Waals surface area contributed by atoms with Gasteiger partial charge in [-0.1, -0.05) is 42.5 Å². The highest BCUT2D eigenvalue weighted by molar-refractivity contribution is 5.95. The maximum atomic E-state index is 13.5. The average Bonchev–Trinajstić information content (AvgIpc) is 2.30. The molecular formula is C13H11FN2. The third-order valence-corrected chi connectivity index (χ3v) is 2.38. The van der Waals surface area contributed by atoms with E-state index in [1.54, 1.807) is 42.5 Å². The molecule has 2 nitrogen and oxygen atoms in total. The summed E-state index contributed by atoms with van der Waals surface area (Å²) in [6, 6.07) is 13.5. The van der Waals surface area contributed by atoms with Crippen LogP contribution in [0.25, 0.3) is 11.1 Å². The standard InChI is InChI=1S/C13H11FN2/c14-12-4-2-1-3-11(12)9-5-7-10(8-6-9)13(15)16/h1-8H,(H3,15,16). The molecule has 0 aromatic heterocycles. The SMILES string of the molecule is N=C(N)c1ccc(-c2ccccc2F)cc1. The first-order valence-corrected chi connectivity index (χ1v) is 4.88. The number of halogens is 1. The molecule has 0 heterocycles. The highest BCUT2D eigenvalue weighted by atomic mass is 19.1. The van der Waals surface area contributed by atoms with Crippen LogP contribution in [0.3, 0.4) is 0 Å². The third-order valence-electron chi connectivity index (χ3n) is 2.38. The Morgan fingerprint density at radius 2 is 1.62 bits per heavy atom. The van der Waals surface area contributed by atoms with Crippen LogP contribution in [0.4, 0.5) is 4.39 Å². The van der Waals surface area contributed by atoms with E-state index < -0.39 is 0 Å². The number of hydrogen-bond donors (Lipinski definition) is 2. The Kier molecular flexibility index (Phi) is 2.68. The largest absolute Gasteiger partial charge is 0.384 e. The number of rotatable bonds is 2. The Balaban J connectivity index is 2.43. The van der Waals surface area contributed by atoms with E-state index >= 15 is 0 Å². The zero-order valence-electron chi connectivity index (χ0n) is 8.57. The minimum atomic E-state index is -0.252. The molecule has 2 rings (SSSR count). The second-order valence-corrected chi connectivity index (χ2v) is 3.47. The molecule has 80 valence electrons. The summed E-state index contributed by atoms with van der Waals surface area (Å²) >= 11 is 0. The van der Waals surface area contributed by atoms with E-state index in [4.69, 9.17) is 11.1 Å². The first kappa shape index (κ1) is 10.4. The zero-order valence-corrected chi connectivity index (χ0v) is 8.57. The predicted octanol–water partition coefficient (Wildman–Crippen LogP) is 2.78. The lowest BCUT2D eigenvalue weighted by atomic mass is 10.0. The third kappa shape index (κ3) is 1.93. The van der Waals surface area contributed by atoms with Crippen LogP contribution in [0.1, 0.15) is 5.56 Å². The normalized spacial score (nSPS) is 10.1. The Hall–Kier alpha value is -2.16. The summed E-state index contributed by atoms with van der Waals surface area (Å²) in [4.78, 5) is 0. The van der Waals surface area contributed by atoms with Crippen LogP contribution < -0.4 is 5.73 Å². The van der Waals surface area contributed by atoms with Gasteiger partial charge in [-0.05, 0) is 11.6 Å². The Morgan fingerprint density at radius 1 is 1.00 bits per heavy atom. The Bertz CT molecular complexity index is 518. The number of nitrogen functional groups attached to an aromatic ring is 1. The summed E-state index contributed by atoms with van der Waals surface area (Å²) in [5.41, 5.74) is 7.31. The number of nitrogens with one attached hydrogen (secondary N) is 1. The topological polar surface area (TPSA) is 49.9 Å². The van der Waals surface area contributed by atoms with Gasteiger partial charge in [-0.25, -0.2) is 4.39 Å². The molecule has 0 aliphatic carbocycles. The molecule has 3 heteroatoms. The van der Waals surface area contributed by atoms with Gasteiger partial charge in [-0.15, -0.1) is 0 Å². The Morgan fingerprint density at radius 3 is 2.19 bits per heavy atom. The van der Waals surface area contributed by atoms with Crippen molar-refractivity contribution in [2.45, 2.75) is 0 Å². The molecule has 16 heavy (non-hydrogen) atoms. The van der Waals surface area contributed by atoms with E-state index in [9.17, 15) is 4.39 Å². The molecule has 0 saturated carbocycles. The smallest absolute Gasteiger partial charge is 0.131 e. The molecule has 0 spiro atoms. The Labute approximate surface area is 93.0 Å². The second kappa shape index (κ2) is 4.14. The van der Waals surface area contributed by atoms with Gasteiger partial charge in [0.05, 0.1) is 0 Å². The van der Waals surface area contributed by atoms with Crippen LogP contribution in [0, 0.1) is 11.2 Å². The predicted molar refractivity (Wildman–Crippen MR) is 62.9 cm³/mol. The van der Waals surface area contributed by atoms with E-state index in [2.05, 4.69) is 0 Å². The van der Waals surface area contributed by atoms with E-state index in [1.807, 2.05) is 0 Å². The molecule has 0 aliphatic heterocycles. The fourth-order valence-electron chi connectivity index (χ4n) is 1.52. The van der Waals surface area contributed by atoms with Gasteiger partial charge in [-0.3, -0.25) is 5.41 Å². The van der Waals surface area contributed by atoms with Crippen molar-refractivity contribution in [3.63, 3.8) is 0 Å². The van der Waals surface area contributed by atoms with Crippen molar-refractivity contribution >= 4 is 5.84 Å². The van der Waals surface area contributed by atoms with Crippen molar-refractivity contribution in [3.8, 4) is 11.1 Å². The maximum absolute atomic E-state index is 13.5. The summed E-state index contributed by atoms with van der Waals surface area (Å²) in [5.74, 6) is -0.238. The molecule has 0 aliphatic rings. The van der Waals surface area contributed by atoms with E-state index in [0.29, 0.717) is 11.1 Å². The highest BCUT2D eigenvalue weighted by Crippen LogP contribution is 2.22. The van der Waals surface area contributed by atoms with Crippen molar-refractivity contribution in [3.05, 3.63) is 59.9 Å². The van der Waals surface area contributed by atoms with E-state index in [0.717, 1.165) is 5.56 Å². The quantitative estimate of drug-likeness (QED) is 0.586. The molecule has 0 radical (unpaired) electrons. The summed E-state index contributed by atoms with van der Waals surface area (Å²) in [6.45, 7) is 0. The molecule has 0 saturated heterocycles. The first-order valence-electron chi connectivity index (χ1n) is 4.88. The number of amidine groups is 1. The van der Waals surface area contributed by atoms with Crippen molar-refractivity contribution in [1.82, 2.24) is 0 Å².